The first-order valence-electron chi connectivity index (χ1n) is 5.98. The Bertz CT molecular complexity index is 445. The zero-order chi connectivity index (χ0) is 13.8. The number of carbonyl (C=O) groups excluding carboxylic acids is 1. The van der Waals surface area contributed by atoms with E-state index in [0.717, 1.165) is 0 Å². The summed E-state index contributed by atoms with van der Waals surface area (Å²) in [6.45, 7) is 6.77. The molecule has 18 heavy (non-hydrogen) atoms. The van der Waals surface area contributed by atoms with Crippen LogP contribution in [-0.2, 0) is 9.36 Å². The molecule has 0 aliphatic rings. The summed E-state index contributed by atoms with van der Waals surface area (Å²) >= 11 is 0. The molecule has 4 nitrogen and oxygen atoms in total. The molecule has 0 heterocycles. The number of hydrogen-bond acceptors (Lipinski definition) is 3. The smallest absolute Gasteiger partial charge is 0.319 e. The molecule has 5 heteroatoms. The molecule has 0 radical (unpaired) electrons. The summed E-state index contributed by atoms with van der Waals surface area (Å²) in [6, 6.07) is 8.49. The van der Waals surface area contributed by atoms with Gasteiger partial charge in [-0.2, -0.15) is 0 Å². The molecule has 0 bridgehead atoms. The van der Waals surface area contributed by atoms with Crippen LogP contribution in [0.15, 0.2) is 30.3 Å². The summed E-state index contributed by atoms with van der Waals surface area (Å²) in [4.78, 5) is 11.3. The van der Waals surface area contributed by atoms with Crippen molar-refractivity contribution < 1.29 is 13.9 Å². The van der Waals surface area contributed by atoms with Gasteiger partial charge in [-0.1, -0.05) is 32.0 Å². The molecule has 100 valence electrons. The van der Waals surface area contributed by atoms with Crippen molar-refractivity contribution in [2.24, 2.45) is 0 Å². The minimum atomic E-state index is -3.09. The Labute approximate surface area is 108 Å². The molecule has 0 fully saturated rings. The first-order chi connectivity index (χ1) is 8.35. The SMILES string of the molecule is CC(=O)C(C)NP(=O)(Oc1ccccc1)C(C)C. The van der Waals surface area contributed by atoms with Gasteiger partial charge in [-0.25, -0.2) is 5.09 Å². The summed E-state index contributed by atoms with van der Waals surface area (Å²) in [6.07, 6.45) is 0. The number of benzene rings is 1. The maximum Gasteiger partial charge on any atom is 0.319 e. The average Bonchev–Trinajstić information content (AvgIpc) is 2.29. The third-order valence-corrected chi connectivity index (χ3v) is 5.24. The molecule has 2 unspecified atom stereocenters. The Hall–Kier alpha value is -1.12. The van der Waals surface area contributed by atoms with Crippen LogP contribution in [0.5, 0.6) is 5.75 Å². The van der Waals surface area contributed by atoms with Crippen molar-refractivity contribution in [3.63, 3.8) is 0 Å². The third-order valence-electron chi connectivity index (χ3n) is 2.65. The van der Waals surface area contributed by atoms with Gasteiger partial charge in [0, 0.05) is 0 Å². The normalized spacial score (nSPS) is 16.1. The van der Waals surface area contributed by atoms with Gasteiger partial charge in [0.25, 0.3) is 0 Å². The Morgan fingerprint density at radius 1 is 1.22 bits per heavy atom. The van der Waals surface area contributed by atoms with E-state index in [2.05, 4.69) is 5.09 Å². The highest BCUT2D eigenvalue weighted by Gasteiger charge is 2.32. The number of rotatable bonds is 6. The number of ketones is 1. The second kappa shape index (κ2) is 6.17. The second-order valence-corrected chi connectivity index (χ2v) is 7.22. The Balaban J connectivity index is 2.88. The number of carbonyl (C=O) groups is 1. The molecule has 1 N–H and O–H groups in total. The lowest BCUT2D eigenvalue weighted by Gasteiger charge is -2.26. The topological polar surface area (TPSA) is 55.4 Å². The molecule has 0 spiro atoms. The van der Waals surface area contributed by atoms with Crippen LogP contribution in [0.1, 0.15) is 27.7 Å². The van der Waals surface area contributed by atoms with Crippen molar-refractivity contribution in [1.29, 1.82) is 0 Å². The maximum absolute atomic E-state index is 12.7. The molecule has 0 aromatic heterocycles. The predicted octanol–water partition coefficient (Wildman–Crippen LogP) is 3.23. The molecule has 1 aromatic carbocycles. The summed E-state index contributed by atoms with van der Waals surface area (Å²) < 4.78 is 18.3. The van der Waals surface area contributed by atoms with Crippen LogP contribution in [0.3, 0.4) is 0 Å². The van der Waals surface area contributed by atoms with Crippen molar-refractivity contribution in [1.82, 2.24) is 5.09 Å². The minimum Gasteiger partial charge on any atom is -0.432 e. The van der Waals surface area contributed by atoms with Gasteiger partial charge in [0.1, 0.15) is 11.5 Å². The van der Waals surface area contributed by atoms with Crippen LogP contribution in [-0.4, -0.2) is 17.5 Å². The van der Waals surface area contributed by atoms with E-state index >= 15 is 0 Å². The lowest BCUT2D eigenvalue weighted by Crippen LogP contribution is -2.33. The van der Waals surface area contributed by atoms with Crippen molar-refractivity contribution >= 4 is 13.3 Å². The highest BCUT2D eigenvalue weighted by molar-refractivity contribution is 7.58. The van der Waals surface area contributed by atoms with E-state index < -0.39 is 13.6 Å². The van der Waals surface area contributed by atoms with Crippen LogP contribution in [0.25, 0.3) is 0 Å². The molecule has 0 saturated heterocycles. The second-order valence-electron chi connectivity index (χ2n) is 4.56. The van der Waals surface area contributed by atoms with Crippen LogP contribution in [0.4, 0.5) is 0 Å². The standard InChI is InChI=1S/C13H20NO3P/c1-10(2)18(16,14-11(3)12(4)15)17-13-8-6-5-7-9-13/h5-11H,1-4H3,(H,14,16). The van der Waals surface area contributed by atoms with Gasteiger partial charge in [0.15, 0.2) is 0 Å². The summed E-state index contributed by atoms with van der Waals surface area (Å²) in [5.74, 6) is 0.477. The number of Topliss-reactive ketones (excluding diaryl/α,β-unsaturated/α-hetero) is 1. The average molecular weight is 269 g/mol. The Morgan fingerprint density at radius 3 is 2.22 bits per heavy atom. The van der Waals surface area contributed by atoms with E-state index in [1.807, 2.05) is 32.0 Å². The zero-order valence-corrected chi connectivity index (χ0v) is 12.1. The van der Waals surface area contributed by atoms with Crippen molar-refractivity contribution in [3.05, 3.63) is 30.3 Å². The minimum absolute atomic E-state index is 0.0625. The first-order valence-corrected chi connectivity index (χ1v) is 7.67. The summed E-state index contributed by atoms with van der Waals surface area (Å²) in [5.41, 5.74) is -0.209. The van der Waals surface area contributed by atoms with Gasteiger partial charge in [-0.05, 0) is 26.0 Å². The zero-order valence-electron chi connectivity index (χ0n) is 11.2. The molecular formula is C13H20NO3P. The Morgan fingerprint density at radius 2 is 1.78 bits per heavy atom. The summed E-state index contributed by atoms with van der Waals surface area (Å²) in [5, 5.41) is 2.82. The molecule has 0 aliphatic carbocycles. The quantitative estimate of drug-likeness (QED) is 0.805. The van der Waals surface area contributed by atoms with E-state index in [9.17, 15) is 9.36 Å². The lowest BCUT2D eigenvalue weighted by molar-refractivity contribution is -0.118. The molecule has 1 aromatic rings. The monoisotopic (exact) mass is 269 g/mol. The number of hydrogen-bond donors (Lipinski definition) is 1. The number of nitrogens with one attached hydrogen (secondary N) is 1. The predicted molar refractivity (Wildman–Crippen MR) is 73.1 cm³/mol. The van der Waals surface area contributed by atoms with Crippen LogP contribution >= 0.6 is 7.52 Å². The van der Waals surface area contributed by atoms with Crippen molar-refractivity contribution in [3.8, 4) is 5.75 Å². The largest absolute Gasteiger partial charge is 0.432 e. The maximum atomic E-state index is 12.7. The molecule has 0 amide bonds. The molecule has 1 rings (SSSR count). The number of para-hydroxylation sites is 1. The highest BCUT2D eigenvalue weighted by atomic mass is 31.2. The van der Waals surface area contributed by atoms with Crippen LogP contribution in [0, 0.1) is 0 Å². The highest BCUT2D eigenvalue weighted by Crippen LogP contribution is 2.48. The molecule has 2 atom stereocenters. The fourth-order valence-corrected chi connectivity index (χ4v) is 3.00. The van der Waals surface area contributed by atoms with Crippen LogP contribution in [0.2, 0.25) is 0 Å². The molecule has 0 saturated carbocycles. The fraction of sp³-hybridized carbons (Fsp3) is 0.462. The van der Waals surface area contributed by atoms with E-state index in [-0.39, 0.29) is 11.4 Å². The summed E-state index contributed by atoms with van der Waals surface area (Å²) in [7, 11) is -3.09. The molecule has 0 aliphatic heterocycles. The van der Waals surface area contributed by atoms with Crippen molar-refractivity contribution in [2.45, 2.75) is 39.4 Å². The van der Waals surface area contributed by atoms with E-state index in [1.54, 1.807) is 19.1 Å². The first kappa shape index (κ1) is 14.9. The van der Waals surface area contributed by atoms with Gasteiger partial charge < -0.3 is 4.52 Å². The van der Waals surface area contributed by atoms with Gasteiger partial charge in [0.2, 0.25) is 0 Å². The van der Waals surface area contributed by atoms with E-state index in [0.29, 0.717) is 5.75 Å². The molecular weight excluding hydrogens is 249 g/mol. The van der Waals surface area contributed by atoms with Gasteiger partial charge in [-0.15, -0.1) is 0 Å². The van der Waals surface area contributed by atoms with Crippen LogP contribution < -0.4 is 9.61 Å². The third kappa shape index (κ3) is 3.97. The Kier molecular flexibility index (Phi) is 5.12. The lowest BCUT2D eigenvalue weighted by atomic mass is 10.3. The fourth-order valence-electron chi connectivity index (χ4n) is 1.28. The van der Waals surface area contributed by atoms with E-state index in [1.165, 1.54) is 6.92 Å². The van der Waals surface area contributed by atoms with E-state index in [4.69, 9.17) is 4.52 Å². The van der Waals surface area contributed by atoms with Crippen molar-refractivity contribution in [2.75, 3.05) is 0 Å². The van der Waals surface area contributed by atoms with Gasteiger partial charge in [-0.3, -0.25) is 9.36 Å². The van der Waals surface area contributed by atoms with Gasteiger partial charge >= 0.3 is 7.52 Å². The van der Waals surface area contributed by atoms with Gasteiger partial charge in [0.05, 0.1) is 11.7 Å².